The number of benzene rings is 1. The van der Waals surface area contributed by atoms with Crippen molar-refractivity contribution in [3.63, 3.8) is 0 Å². The molecule has 7 rings (SSSR count). The number of allylic oxidation sites excluding steroid dienone is 1. The molecule has 1 aromatic heterocycles. The number of hydrogen-bond acceptors (Lipinski definition) is 23. The second kappa shape index (κ2) is 102. The number of aldehydes is 1. The molecule has 0 aliphatic carbocycles. The van der Waals surface area contributed by atoms with Gasteiger partial charge in [0.05, 0.1) is 87.8 Å². The van der Waals surface area contributed by atoms with Gasteiger partial charge in [-0.25, -0.2) is 37.6 Å². The topological polar surface area (TPSA) is 333 Å². The Hall–Kier alpha value is 5.75. The van der Waals surface area contributed by atoms with Crippen LogP contribution in [0, 0.1) is 34.0 Å². The third-order valence-corrected chi connectivity index (χ3v) is 23.3. The molecule has 4 fully saturated rings. The number of thiazole rings is 1. The van der Waals surface area contributed by atoms with Gasteiger partial charge in [0.2, 0.25) is 14.2 Å². The van der Waals surface area contributed by atoms with Crippen molar-refractivity contribution < 1.29 is 254 Å². The van der Waals surface area contributed by atoms with Crippen LogP contribution in [0.2, 0.25) is 0 Å². The van der Waals surface area contributed by atoms with Crippen LogP contribution in [-0.2, 0) is 226 Å². The first-order valence-corrected chi connectivity index (χ1v) is 72.3. The van der Waals surface area contributed by atoms with Crippen molar-refractivity contribution in [1.29, 1.82) is 0 Å². The number of halogens is 7. The van der Waals surface area contributed by atoms with Crippen LogP contribution in [0.4, 0.5) is 19.2 Å². The number of hydrogen-bond donors (Lipinski definition) is 4. The molecular formula is C109H223I7N8O18S2VY5-. The van der Waals surface area contributed by atoms with Gasteiger partial charge in [0.25, 0.3) is 6.02 Å². The third kappa shape index (κ3) is 112. The number of para-hydroxylation sites is 1. The molecule has 6 atom stereocenters. The van der Waals surface area contributed by atoms with Gasteiger partial charge in [0.15, 0.2) is 0 Å². The summed E-state index contributed by atoms with van der Waals surface area (Å²) in [5.41, 5.74) is 7.35. The zero-order valence-corrected chi connectivity index (χ0v) is 135. The second-order valence-electron chi connectivity index (χ2n) is 44.2. The number of ether oxygens (including phenoxy) is 9. The largest absolute Gasteiger partial charge is 0 e. The molecule has 5 radical (unpaired) electrons. The van der Waals surface area contributed by atoms with Crippen molar-refractivity contribution in [3.05, 3.63) is 43.3 Å². The van der Waals surface area contributed by atoms with Gasteiger partial charge in [-0.15, -0.1) is 11.3 Å². The summed E-state index contributed by atoms with van der Waals surface area (Å²) in [5, 5.41) is 17.8. The summed E-state index contributed by atoms with van der Waals surface area (Å²) in [5.74, 6) is -0.268. The Balaban J connectivity index is -0.0000000819. The number of alkyl halides is 4. The van der Waals surface area contributed by atoms with Gasteiger partial charge in [-0.05, 0) is 228 Å². The number of amidine groups is 1. The summed E-state index contributed by atoms with van der Waals surface area (Å²) in [6, 6.07) is 6.93. The fourth-order valence-electron chi connectivity index (χ4n) is 11.0. The van der Waals surface area contributed by atoms with Crippen LogP contribution in [0.1, 0.15) is 433 Å². The Morgan fingerprint density at radius 2 is 0.820 bits per heavy atom. The summed E-state index contributed by atoms with van der Waals surface area (Å²) in [6.45, 7) is 109. The Labute approximate surface area is 1150 Å². The summed E-state index contributed by atoms with van der Waals surface area (Å²) in [7, 11) is -3.69. The number of aliphatic hydroxyl groups is 2. The fourth-order valence-corrected chi connectivity index (χ4v) is 13.8. The van der Waals surface area contributed by atoms with Crippen LogP contribution in [0.5, 0.6) is 0 Å². The van der Waals surface area contributed by atoms with Crippen molar-refractivity contribution in [3.8, 4) is 0 Å². The summed E-state index contributed by atoms with van der Waals surface area (Å²) < 4.78 is 79.1. The Kier molecular flexibility index (Phi) is 133. The van der Waals surface area contributed by atoms with Crippen LogP contribution in [0.25, 0.3) is 10.2 Å². The van der Waals surface area contributed by atoms with E-state index in [9.17, 15) is 37.5 Å². The number of carbonyl (C=O) groups is 5. The number of aromatic nitrogens is 1. The van der Waals surface area contributed by atoms with Crippen LogP contribution >= 0.6 is 162 Å². The molecule has 6 heterocycles. The Morgan fingerprint density at radius 1 is 0.533 bits per heavy atom. The van der Waals surface area contributed by atoms with E-state index in [-0.39, 0.29) is 266 Å². The molecule has 5 aliphatic heterocycles. The minimum Gasteiger partial charge on any atom is 0 e. The quantitative estimate of drug-likeness (QED) is 0.0341. The number of carbonyl (C=O) groups excluding carboxylic acids is 5. The van der Waals surface area contributed by atoms with Crippen molar-refractivity contribution in [1.82, 2.24) is 24.6 Å². The van der Waals surface area contributed by atoms with Gasteiger partial charge < -0.3 is 76.0 Å². The van der Waals surface area contributed by atoms with Gasteiger partial charge in [0, 0.05) is 179 Å². The van der Waals surface area contributed by atoms with Gasteiger partial charge in [-0.1, -0.05) is 351 Å². The molecule has 1 aromatic carbocycles. The maximum Gasteiger partial charge on any atom is 0 e. The van der Waals surface area contributed by atoms with Gasteiger partial charge in [0.1, 0.15) is 58.2 Å². The first-order chi connectivity index (χ1) is 64.7. The molecule has 0 saturated carbocycles. The molecule has 0 bridgehead atoms. The SMILES string of the molecule is C.C.CC.CC.CC.CC.CC.CC(C)(C)/C=C/[C@H]1COC(C)(C)N1C(=O)OC(C)(C)C.CC(C)(C)C=O.CC(C)(C)CC[C@H](N)CO.CC(C)(C)CC[C@H]1COC(C)(C)N1C(=O)OC(C)(C)C.CC(C)(C)CC[C@H]1COC(N)=N1.CC(C)(C)OC(=O)N1[C@@H](CO)COC1(C)C.CC(C)(C)OC(=O)N1[C@@H](CS(=O)(=O)c2nc3ccccc3s2)COC1(C)C.CC(C)I.CCC.CCC(I)I.CCCI.[CH2-]C.[I][V]([I])[I].[Y].[Y].[Y].[Y].[Y]. The Bertz CT molecular complexity index is 3680. The zero-order valence-electron chi connectivity index (χ0n) is 103. The molecule has 889 valence electrons. The van der Waals surface area contributed by atoms with Crippen LogP contribution < -0.4 is 11.5 Å². The zero-order chi connectivity index (χ0) is 116. The van der Waals surface area contributed by atoms with E-state index in [1.54, 1.807) is 71.3 Å². The maximum absolute atomic E-state index is 12.9. The number of aliphatic imine (C=N–C) groups is 1. The summed E-state index contributed by atoms with van der Waals surface area (Å²) in [6.07, 6.45) is 13.5. The predicted molar refractivity (Wildman–Crippen MR) is 683 cm³/mol. The normalized spacial score (nSPS) is 17.2. The minimum atomic E-state index is -3.69. The molecule has 41 heteroatoms. The number of sulfone groups is 1. The van der Waals surface area contributed by atoms with Crippen molar-refractivity contribution in [2.75, 3.05) is 56.4 Å². The summed E-state index contributed by atoms with van der Waals surface area (Å²) in [4.78, 5) is 73.7. The molecule has 4 amide bonds. The van der Waals surface area contributed by atoms with E-state index in [2.05, 4.69) is 298 Å². The third-order valence-electron chi connectivity index (χ3n) is 17.1. The first-order valence-electron chi connectivity index (χ1n) is 51.0. The number of nitrogens with zero attached hydrogens (tertiary/aromatic N) is 6. The standard InChI is InChI=1S/C18H24N2O5S2.C16H31NO3.C16H29NO3.C11H21NO4.C9H18N2O.C8H19NO.C5H10O.C3H6I2.2C3H7I.C3H8.5C2H6.C2H5.2CH4.3HI.V.5Y/c1-17(2,3)25-16(21)20-12(10-24-18(20,4)5)11-27(22,23)15-19-13-8-6-7-9-14(13)26-15;2*1-14(2,3)10-9-12-11-19-16(7,8)17(12)13(18)20-15(4,5)6;1-10(2,3)16-9(14)12-8(6-13)7-15-11(12,4)5;1-9(2,3)5-4-7-6-12-8(10)11-7;1-8(2,3)5-4-7(9)6-10;1-5(2,3)4-6;1-2-3(4)5;1-3(2)4;1-2-3-4;1-3-2;6*1-2;;;;;;;;;;;/h6-9,12H,10-11H2,1-5H3;12H,9-11H2,1-8H3;9-10,12H,11H2,1-8H3;8,13H,6-7H2,1-5H3;7H,4-6H2,1-3H3,(H2,10,11);7,10H,4-6,9H2,1-3H3;4H,1-3H3;3H,2H2,1H3;3H,1-2H3;2-3H2,1H3;3H2,1-2H3;5*1-2H3;1H2,2H3;2*1H4;3*1H;;;;;;/q;;;;;;;;;;;;;;;;-1;;;;;;+3;;;;;/p-3/b;;10-9+;;;;;;;;;;;;;;;;;;;;;;;;;/t3*12-;8-;2*7-;;;;;;;;;;;;;;;;;;;;;;/m100000....................../s1. The van der Waals surface area contributed by atoms with Gasteiger partial charge in [-0.3, -0.25) is 19.6 Å². The summed E-state index contributed by atoms with van der Waals surface area (Å²) >= 11 is 18.0. The van der Waals surface area contributed by atoms with Crippen LogP contribution in [-0.4, -0.2) is 224 Å². The van der Waals surface area contributed by atoms with E-state index in [0.717, 1.165) is 66.7 Å². The number of rotatable bonds is 14. The van der Waals surface area contributed by atoms with Crippen molar-refractivity contribution in [2.24, 2.45) is 43.5 Å². The number of fused-ring (bicyclic) bond motifs is 1. The number of amides is 4. The first kappa shape index (κ1) is 197. The molecule has 26 nitrogen and oxygen atoms in total. The van der Waals surface area contributed by atoms with Crippen molar-refractivity contribution >= 4 is 218 Å². The average molecular weight is 3380 g/mol. The van der Waals surface area contributed by atoms with Gasteiger partial charge in [-0.2, -0.15) is 6.92 Å². The average Bonchev–Trinajstić information content (AvgIpc) is 1.62. The smallest absolute Gasteiger partial charge is 0 e. The van der Waals surface area contributed by atoms with E-state index in [0.29, 0.717) is 54.8 Å². The second-order valence-corrected chi connectivity index (χ2v) is 91.7. The van der Waals surface area contributed by atoms with Crippen LogP contribution in [0.3, 0.4) is 0 Å². The molecule has 0 unspecified atom stereocenters. The minimum absolute atomic E-state index is 0. The number of nitrogens with two attached hydrogens (primary N) is 2. The van der Waals surface area contributed by atoms with E-state index in [4.69, 9.17) is 59.2 Å². The fraction of sp³-hybridized carbons (Fsp3) is 0.853. The van der Waals surface area contributed by atoms with E-state index in [1.807, 2.05) is 204 Å². The Morgan fingerprint density at radius 3 is 1.09 bits per heavy atom. The molecular weight excluding hydrogens is 3160 g/mol. The predicted octanol–water partition coefficient (Wildman–Crippen LogP) is 34.4. The van der Waals surface area contributed by atoms with E-state index < -0.39 is 73.4 Å². The van der Waals surface area contributed by atoms with E-state index in [1.165, 1.54) is 33.5 Å². The molecule has 4 saturated heterocycles. The molecule has 150 heavy (non-hydrogen) atoms. The van der Waals surface area contributed by atoms with E-state index >= 15 is 0 Å². The molecule has 0 spiro atoms. The molecule has 6 N–H and O–H groups in total. The van der Waals surface area contributed by atoms with Gasteiger partial charge >= 0.3 is 89.2 Å². The number of aliphatic hydroxyl groups excluding tert-OH is 2. The van der Waals surface area contributed by atoms with Crippen molar-refractivity contribution in [2.45, 2.75) is 524 Å². The van der Waals surface area contributed by atoms with Crippen LogP contribution in [0.15, 0.2) is 45.7 Å². The molecule has 2 aromatic rings. The monoisotopic (exact) mass is 3380 g/mol. The molecule has 5 aliphatic rings. The maximum atomic E-state index is 12.9.